The number of hydrogen-bond donors (Lipinski definition) is 4. The van der Waals surface area contributed by atoms with Crippen molar-refractivity contribution in [1.29, 1.82) is 0 Å². The Bertz CT molecular complexity index is 1240. The van der Waals surface area contributed by atoms with Gasteiger partial charge in [-0.05, 0) is 68.5 Å². The molecule has 1 aliphatic carbocycles. The number of methoxy groups -OCH3 is 1. The summed E-state index contributed by atoms with van der Waals surface area (Å²) in [6, 6.07) is 8.07. The van der Waals surface area contributed by atoms with E-state index in [2.05, 4.69) is 80.8 Å². The zero-order chi connectivity index (χ0) is 30.3. The van der Waals surface area contributed by atoms with Gasteiger partial charge in [0.25, 0.3) is 0 Å². The van der Waals surface area contributed by atoms with Crippen LogP contribution in [0.3, 0.4) is 0 Å². The van der Waals surface area contributed by atoms with Crippen LogP contribution >= 0.6 is 15.9 Å². The molecular weight excluding hydrogens is 576 g/mol. The smallest absolute Gasteiger partial charge is 0.112 e. The number of benzene rings is 1. The van der Waals surface area contributed by atoms with Crippen LogP contribution in [0.2, 0.25) is 0 Å². The first-order valence-electron chi connectivity index (χ1n) is 14.1. The number of imidazole rings is 1. The molecule has 0 atom stereocenters. The highest BCUT2D eigenvalue weighted by Gasteiger charge is 2.02. The molecule has 4 N–H and O–H groups in total. The van der Waals surface area contributed by atoms with Crippen LogP contribution in [0.1, 0.15) is 53.3 Å². The summed E-state index contributed by atoms with van der Waals surface area (Å²) in [6.45, 7) is 10.8. The van der Waals surface area contributed by atoms with Crippen LogP contribution in [-0.2, 0) is 11.2 Å². The molecule has 1 aromatic carbocycles. The predicted molar refractivity (Wildman–Crippen MR) is 179 cm³/mol. The quantitative estimate of drug-likeness (QED) is 0.141. The van der Waals surface area contributed by atoms with Gasteiger partial charge in [-0.2, -0.15) is 0 Å². The van der Waals surface area contributed by atoms with Crippen molar-refractivity contribution in [2.24, 2.45) is 0 Å². The minimum absolute atomic E-state index is 0.0685. The summed E-state index contributed by atoms with van der Waals surface area (Å²) >= 11 is 3.46. The van der Waals surface area contributed by atoms with Crippen molar-refractivity contribution in [3.63, 3.8) is 0 Å². The third kappa shape index (κ3) is 15.1. The third-order valence-corrected chi connectivity index (χ3v) is 6.00. The van der Waals surface area contributed by atoms with Crippen molar-refractivity contribution in [2.45, 2.75) is 53.9 Å². The molecule has 1 aliphatic rings. The summed E-state index contributed by atoms with van der Waals surface area (Å²) in [5.41, 5.74) is 5.54. The van der Waals surface area contributed by atoms with Gasteiger partial charge in [0.2, 0.25) is 0 Å². The van der Waals surface area contributed by atoms with E-state index in [0.717, 1.165) is 57.6 Å². The molecule has 0 spiro atoms. The molecule has 0 unspecified atom stereocenters. The Morgan fingerprint density at radius 1 is 1.20 bits per heavy atom. The summed E-state index contributed by atoms with van der Waals surface area (Å²) in [4.78, 5) is 7.96. The van der Waals surface area contributed by atoms with Crippen molar-refractivity contribution in [3.8, 4) is 0 Å². The number of aliphatic hydroxyl groups excluding tert-OH is 1. The van der Waals surface area contributed by atoms with Crippen LogP contribution in [-0.4, -0.2) is 35.5 Å². The first-order chi connectivity index (χ1) is 20.0. The summed E-state index contributed by atoms with van der Waals surface area (Å²) in [5, 5.41) is 15.0. The summed E-state index contributed by atoms with van der Waals surface area (Å²) in [6.07, 6.45) is 24.8. The second kappa shape index (κ2) is 22.2. The number of halogens is 1. The molecular formula is C34H47BrN4O2. The van der Waals surface area contributed by atoms with E-state index >= 15 is 0 Å². The molecule has 0 amide bonds. The van der Waals surface area contributed by atoms with Gasteiger partial charge in [0.05, 0.1) is 18.1 Å². The van der Waals surface area contributed by atoms with E-state index in [1.54, 1.807) is 13.3 Å². The lowest BCUT2D eigenvalue weighted by Gasteiger charge is -2.08. The first-order valence-corrected chi connectivity index (χ1v) is 14.9. The minimum Gasteiger partial charge on any atom is -0.501 e. The number of rotatable bonds is 12. The van der Waals surface area contributed by atoms with Crippen LogP contribution < -0.4 is 10.6 Å². The summed E-state index contributed by atoms with van der Waals surface area (Å²) in [5.74, 6) is 1.95. The second-order valence-corrected chi connectivity index (χ2v) is 9.73. The highest BCUT2D eigenvalue weighted by atomic mass is 79.9. The lowest BCUT2D eigenvalue weighted by Crippen LogP contribution is -2.15. The van der Waals surface area contributed by atoms with Gasteiger partial charge in [-0.3, -0.25) is 0 Å². The maximum Gasteiger partial charge on any atom is 0.112 e. The van der Waals surface area contributed by atoms with Gasteiger partial charge < -0.3 is 25.5 Å². The number of aromatic amines is 1. The fraction of sp³-hybridized carbons (Fsp3) is 0.324. The molecule has 2 aromatic rings. The molecule has 0 saturated heterocycles. The minimum atomic E-state index is -0.0685. The predicted octanol–water partition coefficient (Wildman–Crippen LogP) is 8.27. The fourth-order valence-corrected chi connectivity index (χ4v) is 4.28. The van der Waals surface area contributed by atoms with Gasteiger partial charge in [0.15, 0.2) is 0 Å². The van der Waals surface area contributed by atoms with E-state index in [-0.39, 0.29) is 6.73 Å². The zero-order valence-corrected chi connectivity index (χ0v) is 27.0. The van der Waals surface area contributed by atoms with E-state index in [1.165, 1.54) is 5.57 Å². The van der Waals surface area contributed by atoms with Crippen molar-refractivity contribution in [1.82, 2.24) is 20.6 Å². The van der Waals surface area contributed by atoms with Gasteiger partial charge >= 0.3 is 0 Å². The Kier molecular flexibility index (Phi) is 19.2. The number of H-pyrrole nitrogens is 1. The number of hydrogen-bond acceptors (Lipinski definition) is 5. The van der Waals surface area contributed by atoms with Crippen molar-refractivity contribution < 1.29 is 9.84 Å². The molecule has 1 aromatic heterocycles. The standard InChI is InChI=1S/C23H30N4O.C9H11BrO.C2H6/c1-3-9-19(11-8-16-24-18-28)17-25-20(10-4-2)12-7-15-23-26-21-13-5-6-14-22(21)27-23;1-7-3-4-9(11-2)6-8(10)5-7;1-2/h3,5-14,16,24-25,28H,4,15,17-18H2,1-2H3,(H,26,27);3-5H,6H2,1-2H3;1-2H3/b9-3-,12-7-,16-8+,19-11+,20-10+;;. The van der Waals surface area contributed by atoms with E-state index < -0.39 is 0 Å². The van der Waals surface area contributed by atoms with E-state index in [1.807, 2.05) is 75.4 Å². The van der Waals surface area contributed by atoms with Crippen LogP contribution in [0.4, 0.5) is 0 Å². The van der Waals surface area contributed by atoms with Gasteiger partial charge in [0.1, 0.15) is 18.3 Å². The number of fused-ring (bicyclic) bond motifs is 1. The fourth-order valence-electron chi connectivity index (χ4n) is 3.64. The topological polar surface area (TPSA) is 82.2 Å². The Balaban J connectivity index is 0.000000538. The number of allylic oxidation sites excluding steroid dienone is 11. The van der Waals surface area contributed by atoms with Crippen molar-refractivity contribution in [2.75, 3.05) is 20.4 Å². The normalized spacial score (nSPS) is 14.1. The monoisotopic (exact) mass is 622 g/mol. The number of ether oxygens (including phenoxy) is 1. The number of aliphatic hydroxyl groups is 1. The van der Waals surface area contributed by atoms with Crippen molar-refractivity contribution in [3.05, 3.63) is 124 Å². The highest BCUT2D eigenvalue weighted by Crippen LogP contribution is 2.22. The Labute approximate surface area is 255 Å². The maximum atomic E-state index is 8.74. The zero-order valence-electron chi connectivity index (χ0n) is 25.4. The molecule has 0 fully saturated rings. The summed E-state index contributed by atoms with van der Waals surface area (Å²) < 4.78 is 6.30. The van der Waals surface area contributed by atoms with Crippen molar-refractivity contribution >= 4 is 27.0 Å². The number of nitrogens with one attached hydrogen (secondary N) is 3. The second-order valence-electron chi connectivity index (χ2n) is 8.71. The molecule has 6 nitrogen and oxygen atoms in total. The lowest BCUT2D eigenvalue weighted by molar-refractivity contribution is 0.280. The number of aromatic nitrogens is 2. The van der Waals surface area contributed by atoms with Gasteiger partial charge in [-0.15, -0.1) is 0 Å². The molecule has 222 valence electrons. The Hall–Kier alpha value is -3.55. The van der Waals surface area contributed by atoms with E-state index in [9.17, 15) is 0 Å². The van der Waals surface area contributed by atoms with Crippen LogP contribution in [0.5, 0.6) is 0 Å². The molecule has 0 radical (unpaired) electrons. The third-order valence-electron chi connectivity index (χ3n) is 5.49. The Morgan fingerprint density at radius 3 is 2.66 bits per heavy atom. The van der Waals surface area contributed by atoms with E-state index in [4.69, 9.17) is 9.84 Å². The van der Waals surface area contributed by atoms with Gasteiger partial charge in [-0.1, -0.05) is 90.9 Å². The van der Waals surface area contributed by atoms with Gasteiger partial charge in [0, 0.05) is 29.6 Å². The van der Waals surface area contributed by atoms with Crippen LogP contribution in [0.25, 0.3) is 11.0 Å². The molecule has 0 aliphatic heterocycles. The molecule has 7 heteroatoms. The molecule has 1 heterocycles. The lowest BCUT2D eigenvalue weighted by atomic mass is 10.2. The summed E-state index contributed by atoms with van der Waals surface area (Å²) in [7, 11) is 1.70. The molecule has 41 heavy (non-hydrogen) atoms. The molecule has 3 rings (SSSR count). The average molecular weight is 624 g/mol. The van der Waals surface area contributed by atoms with Crippen LogP contribution in [0, 0.1) is 0 Å². The number of nitrogens with zero attached hydrogens (tertiary/aromatic N) is 1. The first kappa shape index (κ1) is 35.5. The average Bonchev–Trinajstić information content (AvgIpc) is 3.32. The number of para-hydroxylation sites is 2. The van der Waals surface area contributed by atoms with Gasteiger partial charge in [-0.25, -0.2) is 4.98 Å². The largest absolute Gasteiger partial charge is 0.501 e. The Morgan fingerprint density at radius 2 is 1.98 bits per heavy atom. The SMILES string of the molecule is CC.COC1=CC=C(C)C=C(Br)C1.C\C=C/C(=C\C=C\NCO)CNC(/C=C\Cc1nc2ccccc2[nH]1)=C/CC. The van der Waals surface area contributed by atoms with Crippen LogP contribution in [0.15, 0.2) is 118 Å². The highest BCUT2D eigenvalue weighted by molar-refractivity contribution is 9.11. The molecule has 0 bridgehead atoms. The molecule has 0 saturated carbocycles. The van der Waals surface area contributed by atoms with E-state index in [0.29, 0.717) is 6.54 Å². The maximum absolute atomic E-state index is 8.74.